The van der Waals surface area contributed by atoms with Crippen LogP contribution >= 0.6 is 19.5 Å². The van der Waals surface area contributed by atoms with E-state index in [2.05, 4.69) is 0 Å². The van der Waals surface area contributed by atoms with Crippen LogP contribution in [0, 0.1) is 0 Å². The summed E-state index contributed by atoms with van der Waals surface area (Å²) in [6.45, 7) is 4.00. The van der Waals surface area contributed by atoms with Crippen LogP contribution in [0.25, 0.3) is 0 Å². The molecule has 0 saturated carbocycles. The number of fused-ring (bicyclic) bond motifs is 2. The molecule has 0 N–H and O–H groups in total. The van der Waals surface area contributed by atoms with Crippen LogP contribution in [-0.4, -0.2) is 43.1 Å². The van der Waals surface area contributed by atoms with Crippen molar-refractivity contribution >= 4 is 31.5 Å². The molecule has 0 aromatic rings. The van der Waals surface area contributed by atoms with E-state index in [0.717, 1.165) is 11.1 Å². The molecule has 0 saturated heterocycles. The summed E-state index contributed by atoms with van der Waals surface area (Å²) in [5.74, 6) is -0.894. The van der Waals surface area contributed by atoms with E-state index in [1.807, 2.05) is 13.8 Å². The summed E-state index contributed by atoms with van der Waals surface area (Å²) in [5.41, 5.74) is 3.54. The maximum Gasteiger partial charge on any atom is 0.335 e. The van der Waals surface area contributed by atoms with Gasteiger partial charge in [-0.3, -0.25) is 0 Å². The first-order valence-electron chi connectivity index (χ1n) is 5.89. The molecule has 0 aromatic carbocycles. The highest BCUT2D eigenvalue weighted by molar-refractivity contribution is 7.63. The number of ether oxygens (including phenoxy) is 2. The van der Waals surface area contributed by atoms with Gasteiger partial charge in [0.05, 0.1) is 25.4 Å². The Hall–Kier alpha value is -0.860. The molecular weight excluding hydrogens is 287 g/mol. The summed E-state index contributed by atoms with van der Waals surface area (Å²) in [7, 11) is 1.98. The van der Waals surface area contributed by atoms with E-state index >= 15 is 0 Å². The minimum Gasteiger partial charge on any atom is -0.466 e. The van der Waals surface area contributed by atoms with Crippen molar-refractivity contribution in [3.8, 4) is 0 Å². The monoisotopic (exact) mass is 302 g/mol. The quantitative estimate of drug-likeness (QED) is 0.348. The van der Waals surface area contributed by atoms with Gasteiger partial charge in [0.2, 0.25) is 0 Å². The Morgan fingerprint density at radius 1 is 1.05 bits per heavy atom. The Morgan fingerprint density at radius 3 is 1.68 bits per heavy atom. The first-order valence-corrected chi connectivity index (χ1v) is 8.09. The van der Waals surface area contributed by atoms with Gasteiger partial charge in [0, 0.05) is 16.9 Å². The van der Waals surface area contributed by atoms with E-state index in [0.29, 0.717) is 16.8 Å². The summed E-state index contributed by atoms with van der Waals surface area (Å²) < 4.78 is 9.66. The average molecular weight is 303 g/mol. The van der Waals surface area contributed by atoms with Crippen LogP contribution in [0.3, 0.4) is 0 Å². The Bertz CT molecular complexity index is 467. The molecule has 1 unspecified atom stereocenters. The Morgan fingerprint density at radius 2 is 1.42 bits per heavy atom. The van der Waals surface area contributed by atoms with Gasteiger partial charge in [-0.2, -0.15) is 0 Å². The largest absolute Gasteiger partial charge is 0.466 e. The fraction of sp³-hybridized carbons (Fsp3) is 0.538. The molecule has 0 aliphatic carbocycles. The minimum absolute atomic E-state index is 0.0564. The Balaban J connectivity index is 2.57. The lowest BCUT2D eigenvalue weighted by Crippen LogP contribution is -2.24. The van der Waals surface area contributed by atoms with Crippen LogP contribution in [-0.2, 0) is 19.1 Å². The van der Waals surface area contributed by atoms with Crippen LogP contribution in [0.1, 0.15) is 13.8 Å². The van der Waals surface area contributed by atoms with Gasteiger partial charge in [0.15, 0.2) is 0 Å². The predicted octanol–water partition coefficient (Wildman–Crippen LogP) is 2.41. The van der Waals surface area contributed by atoms with Crippen LogP contribution in [0.4, 0.5) is 0 Å². The van der Waals surface area contributed by atoms with Crippen molar-refractivity contribution in [2.24, 2.45) is 0 Å². The molecule has 104 valence electrons. The number of esters is 2. The van der Waals surface area contributed by atoms with Crippen LogP contribution in [0.2, 0.25) is 0 Å². The molecule has 0 fully saturated rings. The Labute approximate surface area is 118 Å². The van der Waals surface area contributed by atoms with Crippen molar-refractivity contribution < 1.29 is 19.1 Å². The standard InChI is InChI=1S/C13H16ClO4P/c1-6-7(2)11-9(13(16)18-4)8(12(15)17-3)10(6)19(11)5-14/h10-11H,5H2,1-4H3/t10-,11+,19?. The van der Waals surface area contributed by atoms with E-state index in [1.165, 1.54) is 14.2 Å². The van der Waals surface area contributed by atoms with Gasteiger partial charge in [-0.15, -0.1) is 11.6 Å². The maximum absolute atomic E-state index is 12.0. The number of allylic oxidation sites excluding steroid dienone is 2. The van der Waals surface area contributed by atoms with Crippen LogP contribution in [0.5, 0.6) is 0 Å². The number of rotatable bonds is 3. The molecule has 2 rings (SSSR count). The normalized spacial score (nSPS) is 29.0. The third-order valence-electron chi connectivity index (χ3n) is 3.89. The number of carbonyl (C=O) groups excluding carboxylic acids is 2. The second-order valence-electron chi connectivity index (χ2n) is 4.62. The van der Waals surface area contributed by atoms with Gasteiger partial charge in [0.25, 0.3) is 0 Å². The van der Waals surface area contributed by atoms with Gasteiger partial charge >= 0.3 is 11.9 Å². The fourth-order valence-electron chi connectivity index (χ4n) is 2.94. The molecule has 2 bridgehead atoms. The summed E-state index contributed by atoms with van der Waals surface area (Å²) in [5, 5.41) is 0. The third kappa shape index (κ3) is 1.93. The van der Waals surface area contributed by atoms with E-state index in [4.69, 9.17) is 21.1 Å². The second-order valence-corrected chi connectivity index (χ2v) is 7.63. The molecule has 0 radical (unpaired) electrons. The second kappa shape index (κ2) is 5.26. The van der Waals surface area contributed by atoms with E-state index in [1.54, 1.807) is 0 Å². The smallest absolute Gasteiger partial charge is 0.335 e. The van der Waals surface area contributed by atoms with Crippen molar-refractivity contribution in [3.05, 3.63) is 22.3 Å². The summed E-state index contributed by atoms with van der Waals surface area (Å²) in [6, 6.07) is 0. The maximum atomic E-state index is 12.0. The molecular formula is C13H16ClO4P. The number of hydrogen-bond donors (Lipinski definition) is 0. The minimum atomic E-state index is -0.672. The van der Waals surface area contributed by atoms with E-state index < -0.39 is 19.9 Å². The van der Waals surface area contributed by atoms with Crippen molar-refractivity contribution in [2.75, 3.05) is 19.8 Å². The number of carbonyl (C=O) groups is 2. The van der Waals surface area contributed by atoms with E-state index in [9.17, 15) is 9.59 Å². The topological polar surface area (TPSA) is 52.6 Å². The van der Waals surface area contributed by atoms with Gasteiger partial charge < -0.3 is 9.47 Å². The number of alkyl halides is 1. The lowest BCUT2D eigenvalue weighted by molar-refractivity contribution is -0.139. The molecule has 0 spiro atoms. The van der Waals surface area contributed by atoms with Crippen molar-refractivity contribution in [2.45, 2.75) is 25.2 Å². The zero-order chi connectivity index (χ0) is 14.3. The first kappa shape index (κ1) is 14.5. The molecule has 0 amide bonds. The zero-order valence-corrected chi connectivity index (χ0v) is 13.0. The predicted molar refractivity (Wildman–Crippen MR) is 74.6 cm³/mol. The van der Waals surface area contributed by atoms with Gasteiger partial charge in [-0.25, -0.2) is 9.59 Å². The average Bonchev–Trinajstić information content (AvgIpc) is 2.88. The van der Waals surface area contributed by atoms with Gasteiger partial charge in [-0.05, 0) is 13.8 Å². The summed E-state index contributed by atoms with van der Waals surface area (Å²) in [6.07, 6.45) is 0. The molecule has 2 heterocycles. The molecule has 2 aliphatic rings. The fourth-order valence-corrected chi connectivity index (χ4v) is 6.89. The molecule has 4 nitrogen and oxygen atoms in total. The van der Waals surface area contributed by atoms with Gasteiger partial charge in [0.1, 0.15) is 0 Å². The molecule has 3 atom stereocenters. The highest BCUT2D eigenvalue weighted by Crippen LogP contribution is 2.68. The molecule has 19 heavy (non-hydrogen) atoms. The van der Waals surface area contributed by atoms with Crippen molar-refractivity contribution in [1.82, 2.24) is 0 Å². The molecule has 0 aromatic heterocycles. The van der Waals surface area contributed by atoms with Crippen molar-refractivity contribution in [3.63, 3.8) is 0 Å². The Kier molecular flexibility index (Phi) is 4.03. The summed E-state index contributed by atoms with van der Waals surface area (Å²) in [4.78, 5) is 24.0. The van der Waals surface area contributed by atoms with Gasteiger partial charge in [-0.1, -0.05) is 19.1 Å². The lowest BCUT2D eigenvalue weighted by Gasteiger charge is -2.18. The van der Waals surface area contributed by atoms with Crippen molar-refractivity contribution in [1.29, 1.82) is 0 Å². The third-order valence-corrected chi connectivity index (χ3v) is 7.61. The molecule has 2 aliphatic heterocycles. The van der Waals surface area contributed by atoms with E-state index in [-0.39, 0.29) is 11.3 Å². The first-order chi connectivity index (χ1) is 8.99. The number of hydrogen-bond acceptors (Lipinski definition) is 4. The highest BCUT2D eigenvalue weighted by Gasteiger charge is 2.54. The lowest BCUT2D eigenvalue weighted by atomic mass is 9.87. The zero-order valence-electron chi connectivity index (χ0n) is 11.3. The van der Waals surface area contributed by atoms with Crippen LogP contribution in [0.15, 0.2) is 22.3 Å². The number of methoxy groups -OCH3 is 2. The summed E-state index contributed by atoms with van der Waals surface area (Å²) >= 11 is 6.07. The van der Waals surface area contributed by atoms with Crippen LogP contribution < -0.4 is 0 Å². The SMILES string of the molecule is COC(=O)C1=C(C(=O)OC)[C@@H]2C(C)=C(C)[C@H]1P2CCl. The highest BCUT2D eigenvalue weighted by atomic mass is 35.5. The number of halogens is 1. The molecule has 6 heteroatoms.